The Balaban J connectivity index is 1.75. The largest absolute Gasteiger partial charge is 0.469 e. The third kappa shape index (κ3) is 4.46. The van der Waals surface area contributed by atoms with E-state index in [9.17, 15) is 9.59 Å². The Morgan fingerprint density at radius 3 is 2.58 bits per heavy atom. The van der Waals surface area contributed by atoms with Crippen molar-refractivity contribution in [2.45, 2.75) is 31.7 Å². The number of benzene rings is 1. The van der Waals surface area contributed by atoms with Gasteiger partial charge in [0.2, 0.25) is 5.91 Å². The molecule has 0 radical (unpaired) electrons. The first kappa shape index (κ1) is 18.9. The summed E-state index contributed by atoms with van der Waals surface area (Å²) in [5.41, 5.74) is 0.991. The Hall–Kier alpha value is -1.85. The molecule has 1 fully saturated rings. The number of esters is 1. The van der Waals surface area contributed by atoms with Gasteiger partial charge in [0.15, 0.2) is 0 Å². The molecular formula is C20H22ClNO3S. The van der Waals surface area contributed by atoms with Crippen molar-refractivity contribution in [3.05, 3.63) is 57.2 Å². The van der Waals surface area contributed by atoms with Gasteiger partial charge in [-0.15, -0.1) is 11.3 Å². The van der Waals surface area contributed by atoms with Crippen LogP contribution in [-0.2, 0) is 14.3 Å². The number of hydrogen-bond donors (Lipinski definition) is 1. The summed E-state index contributed by atoms with van der Waals surface area (Å²) in [6, 6.07) is 11.3. The van der Waals surface area contributed by atoms with Crippen molar-refractivity contribution < 1.29 is 14.3 Å². The lowest BCUT2D eigenvalue weighted by atomic mass is 9.81. The smallest absolute Gasteiger partial charge is 0.308 e. The summed E-state index contributed by atoms with van der Waals surface area (Å²) in [4.78, 5) is 25.8. The number of rotatable bonds is 5. The molecule has 0 bridgehead atoms. The summed E-state index contributed by atoms with van der Waals surface area (Å²) >= 11 is 7.61. The van der Waals surface area contributed by atoms with Crippen molar-refractivity contribution in [3.63, 3.8) is 0 Å². The monoisotopic (exact) mass is 391 g/mol. The number of nitrogens with one attached hydrogen (secondary N) is 1. The van der Waals surface area contributed by atoms with E-state index in [1.54, 1.807) is 11.3 Å². The Labute approximate surface area is 162 Å². The van der Waals surface area contributed by atoms with Crippen molar-refractivity contribution in [3.8, 4) is 0 Å². The van der Waals surface area contributed by atoms with E-state index in [2.05, 4.69) is 5.32 Å². The normalized spacial score (nSPS) is 21.0. The SMILES string of the molecule is COC(=O)[C@@H]1CCC[C@@H](C(=O)N[C@@H](c2ccc(Cl)cc2)c2cccs2)C1. The van der Waals surface area contributed by atoms with Gasteiger partial charge in [0.05, 0.1) is 19.1 Å². The quantitative estimate of drug-likeness (QED) is 0.758. The minimum Gasteiger partial charge on any atom is -0.469 e. The zero-order valence-corrected chi connectivity index (χ0v) is 16.2. The minimum atomic E-state index is -0.213. The first-order valence-corrected chi connectivity index (χ1v) is 10.0. The standard InChI is InChI=1S/C20H22ClNO3S/c1-25-20(24)15-5-2-4-14(12-15)19(23)22-18(17-6-3-11-26-17)13-7-9-16(21)10-8-13/h3,6-11,14-15,18H,2,4-5,12H2,1H3,(H,22,23)/t14-,15-,18+/m1/s1. The summed E-state index contributed by atoms with van der Waals surface area (Å²) in [6.45, 7) is 0. The van der Waals surface area contributed by atoms with Gasteiger partial charge in [0, 0.05) is 15.8 Å². The third-order valence-corrected chi connectivity index (χ3v) is 6.09. The molecule has 6 heteroatoms. The lowest BCUT2D eigenvalue weighted by Gasteiger charge is -2.28. The summed E-state index contributed by atoms with van der Waals surface area (Å²) in [5.74, 6) is -0.565. The van der Waals surface area contributed by atoms with Gasteiger partial charge in [-0.05, 0) is 48.4 Å². The lowest BCUT2D eigenvalue weighted by Crippen LogP contribution is -2.37. The Morgan fingerprint density at radius 2 is 1.92 bits per heavy atom. The fourth-order valence-electron chi connectivity index (χ4n) is 3.50. The summed E-state index contributed by atoms with van der Waals surface area (Å²) in [6.07, 6.45) is 3.01. The molecule has 1 aliphatic rings. The second-order valence-corrected chi connectivity index (χ2v) is 8.01. The van der Waals surface area contributed by atoms with E-state index in [4.69, 9.17) is 16.3 Å². The van der Waals surface area contributed by atoms with Crippen LogP contribution in [0.4, 0.5) is 0 Å². The molecule has 26 heavy (non-hydrogen) atoms. The molecule has 1 N–H and O–H groups in total. The molecule has 0 spiro atoms. The van der Waals surface area contributed by atoms with Crippen LogP contribution in [0.25, 0.3) is 0 Å². The van der Waals surface area contributed by atoms with Gasteiger partial charge in [-0.2, -0.15) is 0 Å². The third-order valence-electron chi connectivity index (χ3n) is 4.90. The topological polar surface area (TPSA) is 55.4 Å². The molecule has 1 aromatic heterocycles. The van der Waals surface area contributed by atoms with E-state index in [1.807, 2.05) is 41.8 Å². The van der Waals surface area contributed by atoms with Gasteiger partial charge in [-0.3, -0.25) is 9.59 Å². The van der Waals surface area contributed by atoms with E-state index < -0.39 is 0 Å². The van der Waals surface area contributed by atoms with Gasteiger partial charge >= 0.3 is 5.97 Å². The van der Waals surface area contributed by atoms with Gasteiger partial charge in [-0.1, -0.05) is 36.2 Å². The van der Waals surface area contributed by atoms with Crippen LogP contribution in [0.15, 0.2) is 41.8 Å². The van der Waals surface area contributed by atoms with Crippen LogP contribution < -0.4 is 5.32 Å². The molecule has 0 saturated heterocycles. The van der Waals surface area contributed by atoms with E-state index >= 15 is 0 Å². The van der Waals surface area contributed by atoms with Crippen molar-refractivity contribution >= 4 is 34.8 Å². The second-order valence-electron chi connectivity index (χ2n) is 6.59. The van der Waals surface area contributed by atoms with E-state index in [0.29, 0.717) is 11.4 Å². The molecule has 1 amide bonds. The molecule has 3 atom stereocenters. The number of amides is 1. The highest BCUT2D eigenvalue weighted by Gasteiger charge is 2.33. The number of methoxy groups -OCH3 is 1. The van der Waals surface area contributed by atoms with Gasteiger partial charge in [-0.25, -0.2) is 0 Å². The number of halogens is 1. The van der Waals surface area contributed by atoms with Crippen LogP contribution in [0.2, 0.25) is 5.02 Å². The lowest BCUT2D eigenvalue weighted by molar-refractivity contribution is -0.147. The van der Waals surface area contributed by atoms with E-state index in [-0.39, 0.29) is 29.8 Å². The second kappa shape index (κ2) is 8.69. The maximum atomic E-state index is 12.9. The molecule has 1 aliphatic carbocycles. The highest BCUT2D eigenvalue weighted by molar-refractivity contribution is 7.10. The summed E-state index contributed by atoms with van der Waals surface area (Å²) in [5, 5.41) is 5.84. The maximum absolute atomic E-state index is 12.9. The molecule has 2 aromatic rings. The average Bonchev–Trinajstić information content (AvgIpc) is 3.20. The zero-order chi connectivity index (χ0) is 18.5. The fourth-order valence-corrected chi connectivity index (χ4v) is 4.43. The number of carbonyl (C=O) groups is 2. The van der Waals surface area contributed by atoms with Gasteiger partial charge < -0.3 is 10.1 Å². The van der Waals surface area contributed by atoms with Crippen LogP contribution in [0.1, 0.15) is 42.2 Å². The van der Waals surface area contributed by atoms with Gasteiger partial charge in [0.25, 0.3) is 0 Å². The van der Waals surface area contributed by atoms with Crippen molar-refractivity contribution in [1.29, 1.82) is 0 Å². The average molecular weight is 392 g/mol. The number of hydrogen-bond acceptors (Lipinski definition) is 4. The highest BCUT2D eigenvalue weighted by atomic mass is 35.5. The molecule has 138 valence electrons. The summed E-state index contributed by atoms with van der Waals surface area (Å²) in [7, 11) is 1.40. The van der Waals surface area contributed by atoms with E-state index in [1.165, 1.54) is 7.11 Å². The minimum absolute atomic E-state index is 0.00745. The Morgan fingerprint density at radius 1 is 1.19 bits per heavy atom. The van der Waals surface area contributed by atoms with Crippen LogP contribution in [0.5, 0.6) is 0 Å². The predicted molar refractivity (Wildman–Crippen MR) is 103 cm³/mol. The molecule has 0 aliphatic heterocycles. The van der Waals surface area contributed by atoms with Crippen LogP contribution in [0, 0.1) is 11.8 Å². The van der Waals surface area contributed by atoms with Crippen LogP contribution in [-0.4, -0.2) is 19.0 Å². The van der Waals surface area contributed by atoms with Crippen molar-refractivity contribution in [2.75, 3.05) is 7.11 Å². The van der Waals surface area contributed by atoms with Crippen LogP contribution in [0.3, 0.4) is 0 Å². The molecule has 1 aromatic carbocycles. The predicted octanol–water partition coefficient (Wildman–Crippen LogP) is 4.59. The van der Waals surface area contributed by atoms with Crippen molar-refractivity contribution in [1.82, 2.24) is 5.32 Å². The first-order chi connectivity index (χ1) is 12.6. The molecule has 4 nitrogen and oxygen atoms in total. The van der Waals surface area contributed by atoms with Gasteiger partial charge in [0.1, 0.15) is 0 Å². The van der Waals surface area contributed by atoms with Crippen molar-refractivity contribution in [2.24, 2.45) is 11.8 Å². The van der Waals surface area contributed by atoms with Crippen LogP contribution >= 0.6 is 22.9 Å². The fraction of sp³-hybridized carbons (Fsp3) is 0.400. The first-order valence-electron chi connectivity index (χ1n) is 8.75. The molecular weight excluding hydrogens is 370 g/mol. The number of ether oxygens (including phenoxy) is 1. The molecule has 1 saturated carbocycles. The highest BCUT2D eigenvalue weighted by Crippen LogP contribution is 2.32. The number of thiophene rings is 1. The number of carbonyl (C=O) groups excluding carboxylic acids is 2. The van der Waals surface area contributed by atoms with E-state index in [0.717, 1.165) is 29.7 Å². The zero-order valence-electron chi connectivity index (χ0n) is 14.6. The Bertz CT molecular complexity index is 745. The maximum Gasteiger partial charge on any atom is 0.308 e. The molecule has 1 heterocycles. The molecule has 3 rings (SSSR count). The Kier molecular flexibility index (Phi) is 6.33. The molecule has 0 unspecified atom stereocenters. The summed E-state index contributed by atoms with van der Waals surface area (Å²) < 4.78 is 4.86.